The number of halogens is 1. The lowest BCUT2D eigenvalue weighted by atomic mass is 10.2. The van der Waals surface area contributed by atoms with Crippen LogP contribution in [0.25, 0.3) is 0 Å². The fourth-order valence-electron chi connectivity index (χ4n) is 2.93. The summed E-state index contributed by atoms with van der Waals surface area (Å²) < 4.78 is 5.52. The van der Waals surface area contributed by atoms with E-state index in [1.165, 1.54) is 0 Å². The van der Waals surface area contributed by atoms with Gasteiger partial charge in [-0.15, -0.1) is 35.3 Å². The molecule has 0 spiro atoms. The van der Waals surface area contributed by atoms with Gasteiger partial charge < -0.3 is 15.0 Å². The zero-order valence-corrected chi connectivity index (χ0v) is 18.4. The Kier molecular flexibility index (Phi) is 9.47. The number of aryl methyl sites for hydroxylation is 1. The summed E-state index contributed by atoms with van der Waals surface area (Å²) in [5, 5.41) is 6.69. The first kappa shape index (κ1) is 21.6. The summed E-state index contributed by atoms with van der Waals surface area (Å²) in [6.07, 6.45) is 0. The Bertz CT molecular complexity index is 524. The maximum Gasteiger partial charge on any atom is 0.193 e. The van der Waals surface area contributed by atoms with Crippen molar-refractivity contribution in [1.82, 2.24) is 20.1 Å². The predicted octanol–water partition coefficient (Wildman–Crippen LogP) is 2.19. The van der Waals surface area contributed by atoms with Gasteiger partial charge >= 0.3 is 0 Å². The van der Waals surface area contributed by atoms with Gasteiger partial charge in [0.1, 0.15) is 0 Å². The van der Waals surface area contributed by atoms with Crippen LogP contribution in [0.1, 0.15) is 24.5 Å². The molecule has 2 atom stereocenters. The van der Waals surface area contributed by atoms with Crippen LogP contribution in [-0.4, -0.2) is 73.2 Å². The fraction of sp³-hybridized carbons (Fsp3) is 0.750. The zero-order chi connectivity index (χ0) is 16.8. The van der Waals surface area contributed by atoms with Crippen molar-refractivity contribution >= 4 is 41.3 Å². The number of morpholine rings is 1. The van der Waals surface area contributed by atoms with Crippen LogP contribution in [0, 0.1) is 6.92 Å². The third kappa shape index (κ3) is 6.12. The smallest absolute Gasteiger partial charge is 0.193 e. The monoisotopic (exact) mass is 467 g/mol. The Balaban J connectivity index is 0.00000288. The first-order valence-corrected chi connectivity index (χ1v) is 9.05. The number of rotatable bonds is 5. The number of ether oxygens (including phenoxy) is 1. The molecule has 1 aliphatic rings. The molecule has 1 aliphatic heterocycles. The normalized spacial score (nSPS) is 20.4. The van der Waals surface area contributed by atoms with Gasteiger partial charge in [-0.3, -0.25) is 9.89 Å². The topological polar surface area (TPSA) is 53.0 Å². The molecular weight excluding hydrogens is 437 g/mol. The average molecular weight is 467 g/mol. The lowest BCUT2D eigenvalue weighted by Gasteiger charge is -2.38. The van der Waals surface area contributed by atoms with E-state index in [0.29, 0.717) is 12.1 Å². The molecule has 0 radical (unpaired) electrons. The first-order valence-electron chi connectivity index (χ1n) is 8.17. The van der Waals surface area contributed by atoms with E-state index in [2.05, 4.69) is 44.3 Å². The number of nitrogens with zero attached hydrogens (tertiary/aromatic N) is 4. The number of nitrogens with one attached hydrogen (secondary N) is 1. The lowest BCUT2D eigenvalue weighted by molar-refractivity contribution is -0.0175. The van der Waals surface area contributed by atoms with Crippen LogP contribution < -0.4 is 5.32 Å². The molecule has 2 unspecified atom stereocenters. The van der Waals surface area contributed by atoms with Crippen molar-refractivity contribution in [1.29, 1.82) is 0 Å². The van der Waals surface area contributed by atoms with E-state index in [4.69, 9.17) is 4.74 Å². The van der Waals surface area contributed by atoms with Crippen LogP contribution in [0.15, 0.2) is 10.4 Å². The average Bonchev–Trinajstić information content (AvgIpc) is 2.93. The molecule has 0 amide bonds. The Labute approximate surface area is 166 Å². The van der Waals surface area contributed by atoms with E-state index in [1.807, 2.05) is 21.0 Å². The van der Waals surface area contributed by atoms with Crippen molar-refractivity contribution in [3.63, 3.8) is 0 Å². The maximum absolute atomic E-state index is 5.52. The minimum atomic E-state index is 0. The summed E-state index contributed by atoms with van der Waals surface area (Å²) in [5.74, 6) is 0.906. The Hall–Kier alpha value is -0.450. The summed E-state index contributed by atoms with van der Waals surface area (Å²) in [6.45, 7) is 10.8. The maximum atomic E-state index is 5.52. The second-order valence-electron chi connectivity index (χ2n) is 6.15. The van der Waals surface area contributed by atoms with Gasteiger partial charge in [0, 0.05) is 44.6 Å². The summed E-state index contributed by atoms with van der Waals surface area (Å²) in [4.78, 5) is 13.5. The van der Waals surface area contributed by atoms with Gasteiger partial charge in [0.05, 0.1) is 30.5 Å². The van der Waals surface area contributed by atoms with Crippen LogP contribution in [0.5, 0.6) is 0 Å². The van der Waals surface area contributed by atoms with Crippen LogP contribution in [0.2, 0.25) is 0 Å². The SMILES string of the molecule is CN=C(NCC(C)N1CCOCC1C)N(C)Cc1csc(C)n1.I. The second-order valence-corrected chi connectivity index (χ2v) is 7.22. The highest BCUT2D eigenvalue weighted by Gasteiger charge is 2.23. The molecule has 1 saturated heterocycles. The molecule has 1 N–H and O–H groups in total. The van der Waals surface area contributed by atoms with Gasteiger partial charge in [-0.1, -0.05) is 0 Å². The minimum absolute atomic E-state index is 0. The minimum Gasteiger partial charge on any atom is -0.379 e. The summed E-state index contributed by atoms with van der Waals surface area (Å²) in [6, 6.07) is 0.916. The van der Waals surface area contributed by atoms with Gasteiger partial charge in [-0.25, -0.2) is 4.98 Å². The lowest BCUT2D eigenvalue weighted by Crippen LogP contribution is -2.53. The quantitative estimate of drug-likeness (QED) is 0.409. The molecule has 0 aromatic carbocycles. The molecule has 0 bridgehead atoms. The van der Waals surface area contributed by atoms with Crippen molar-refractivity contribution in [2.24, 2.45) is 4.99 Å². The second kappa shape index (κ2) is 10.5. The van der Waals surface area contributed by atoms with Crippen molar-refractivity contribution in [2.45, 2.75) is 39.4 Å². The van der Waals surface area contributed by atoms with E-state index in [9.17, 15) is 0 Å². The molecule has 0 saturated carbocycles. The molecule has 8 heteroatoms. The van der Waals surface area contributed by atoms with Crippen molar-refractivity contribution < 1.29 is 4.74 Å². The number of guanidine groups is 1. The number of hydrogen-bond acceptors (Lipinski definition) is 5. The van der Waals surface area contributed by atoms with E-state index >= 15 is 0 Å². The van der Waals surface area contributed by atoms with Crippen molar-refractivity contribution in [2.75, 3.05) is 40.4 Å². The number of aliphatic imine (C=N–C) groups is 1. The molecular formula is C16H30IN5OS. The molecule has 1 aromatic heterocycles. The van der Waals surface area contributed by atoms with Crippen molar-refractivity contribution in [3.05, 3.63) is 16.1 Å². The summed E-state index contributed by atoms with van der Waals surface area (Å²) in [7, 11) is 3.87. The molecule has 1 aromatic rings. The van der Waals surface area contributed by atoms with Crippen LogP contribution >= 0.6 is 35.3 Å². The largest absolute Gasteiger partial charge is 0.379 e. The van der Waals surface area contributed by atoms with Gasteiger partial charge in [0.2, 0.25) is 0 Å². The van der Waals surface area contributed by atoms with Gasteiger partial charge in [-0.05, 0) is 20.8 Å². The van der Waals surface area contributed by atoms with Crippen LogP contribution in [-0.2, 0) is 11.3 Å². The van der Waals surface area contributed by atoms with E-state index < -0.39 is 0 Å². The Morgan fingerprint density at radius 1 is 1.62 bits per heavy atom. The number of aromatic nitrogens is 1. The summed E-state index contributed by atoms with van der Waals surface area (Å²) in [5.41, 5.74) is 1.09. The van der Waals surface area contributed by atoms with E-state index in [0.717, 1.165) is 49.5 Å². The zero-order valence-electron chi connectivity index (χ0n) is 15.3. The van der Waals surface area contributed by atoms with Gasteiger partial charge in [0.15, 0.2) is 5.96 Å². The van der Waals surface area contributed by atoms with Crippen molar-refractivity contribution in [3.8, 4) is 0 Å². The van der Waals surface area contributed by atoms with Crippen LogP contribution in [0.3, 0.4) is 0 Å². The highest BCUT2D eigenvalue weighted by molar-refractivity contribution is 14.0. The molecule has 2 rings (SSSR count). The van der Waals surface area contributed by atoms with E-state index in [1.54, 1.807) is 11.3 Å². The molecule has 6 nitrogen and oxygen atoms in total. The number of thiazole rings is 1. The first-order chi connectivity index (χ1) is 11.0. The molecule has 138 valence electrons. The highest BCUT2D eigenvalue weighted by Crippen LogP contribution is 2.11. The summed E-state index contributed by atoms with van der Waals surface area (Å²) >= 11 is 1.69. The third-order valence-corrected chi connectivity index (χ3v) is 5.00. The molecule has 1 fully saturated rings. The Morgan fingerprint density at radius 3 is 2.96 bits per heavy atom. The molecule has 24 heavy (non-hydrogen) atoms. The van der Waals surface area contributed by atoms with Gasteiger partial charge in [-0.2, -0.15) is 0 Å². The number of hydrogen-bond donors (Lipinski definition) is 1. The fourth-order valence-corrected chi connectivity index (χ4v) is 3.54. The molecule has 0 aliphatic carbocycles. The van der Waals surface area contributed by atoms with Gasteiger partial charge in [0.25, 0.3) is 0 Å². The standard InChI is InChI=1S/C16H29N5OS.HI/c1-12(21-6-7-22-10-13(21)2)8-18-16(17-4)20(5)9-15-11-23-14(3)19-15;/h11-13H,6-10H2,1-5H3,(H,17,18);1H. The molecule has 2 heterocycles. The van der Waals surface area contributed by atoms with E-state index in [-0.39, 0.29) is 24.0 Å². The highest BCUT2D eigenvalue weighted by atomic mass is 127. The van der Waals surface area contributed by atoms with Crippen LogP contribution in [0.4, 0.5) is 0 Å². The third-order valence-electron chi connectivity index (χ3n) is 4.18. The Morgan fingerprint density at radius 2 is 2.38 bits per heavy atom. The predicted molar refractivity (Wildman–Crippen MR) is 112 cm³/mol.